The van der Waals surface area contributed by atoms with Crippen LogP contribution in [0, 0.1) is 0 Å². The Labute approximate surface area is 139 Å². The molecular weight excluding hydrogens is 308 g/mol. The molecule has 0 radical (unpaired) electrons. The summed E-state index contributed by atoms with van der Waals surface area (Å²) in [5.41, 5.74) is 1.71. The number of aryl methyl sites for hydroxylation is 1. The molecule has 1 atom stereocenters. The van der Waals surface area contributed by atoms with Crippen LogP contribution in [0.3, 0.4) is 0 Å². The Bertz CT molecular complexity index is 991. The van der Waals surface area contributed by atoms with Gasteiger partial charge in [0.1, 0.15) is 0 Å². The second kappa shape index (κ2) is 5.47. The van der Waals surface area contributed by atoms with Gasteiger partial charge in [0.25, 0.3) is 5.56 Å². The van der Waals surface area contributed by atoms with E-state index in [1.54, 1.807) is 19.0 Å². The van der Waals surface area contributed by atoms with Gasteiger partial charge < -0.3 is 0 Å². The molecule has 0 amide bonds. The second-order valence-electron chi connectivity index (χ2n) is 6.28. The van der Waals surface area contributed by atoms with Crippen molar-refractivity contribution >= 4 is 22.8 Å². The van der Waals surface area contributed by atoms with E-state index in [-0.39, 0.29) is 23.8 Å². The standard InChI is InChI=1S/C16H22N6O2/c1-7-21-15-17-13-12(22(15)11(5)10(4)18-21)14(23)20(8-9(2)3)16(24)19(13)6/h11H,2,7-8H2,1,3-6H3/t11-/m0/s1. The van der Waals surface area contributed by atoms with E-state index in [0.29, 0.717) is 23.7 Å². The summed E-state index contributed by atoms with van der Waals surface area (Å²) >= 11 is 0. The minimum Gasteiger partial charge on any atom is -0.294 e. The molecule has 3 rings (SSSR count). The van der Waals surface area contributed by atoms with E-state index in [0.717, 1.165) is 11.3 Å². The Kier molecular flexibility index (Phi) is 3.70. The molecule has 0 unspecified atom stereocenters. The molecule has 3 heterocycles. The molecule has 2 aromatic heterocycles. The van der Waals surface area contributed by atoms with Crippen molar-refractivity contribution in [1.29, 1.82) is 0 Å². The topological polar surface area (TPSA) is 77.4 Å². The van der Waals surface area contributed by atoms with Crippen LogP contribution in [0.4, 0.5) is 5.95 Å². The first-order valence-corrected chi connectivity index (χ1v) is 7.96. The van der Waals surface area contributed by atoms with Crippen molar-refractivity contribution in [2.24, 2.45) is 12.1 Å². The highest BCUT2D eigenvalue weighted by Crippen LogP contribution is 2.29. The molecule has 2 aromatic rings. The Morgan fingerprint density at radius 3 is 2.58 bits per heavy atom. The normalized spacial score (nSPS) is 17.1. The molecule has 0 aliphatic carbocycles. The molecule has 1 aliphatic heterocycles. The molecular formula is C16H22N6O2. The highest BCUT2D eigenvalue weighted by atomic mass is 16.2. The molecule has 0 aromatic carbocycles. The minimum atomic E-state index is -0.390. The van der Waals surface area contributed by atoms with E-state index in [2.05, 4.69) is 16.7 Å². The van der Waals surface area contributed by atoms with Gasteiger partial charge in [-0.3, -0.25) is 18.5 Å². The van der Waals surface area contributed by atoms with Crippen LogP contribution in [0.5, 0.6) is 0 Å². The monoisotopic (exact) mass is 330 g/mol. The largest absolute Gasteiger partial charge is 0.332 e. The van der Waals surface area contributed by atoms with E-state index < -0.39 is 0 Å². The van der Waals surface area contributed by atoms with E-state index in [9.17, 15) is 9.59 Å². The van der Waals surface area contributed by atoms with Gasteiger partial charge in [0.15, 0.2) is 11.2 Å². The average Bonchev–Trinajstić information content (AvgIpc) is 2.93. The lowest BCUT2D eigenvalue weighted by Crippen LogP contribution is -2.40. The van der Waals surface area contributed by atoms with Crippen molar-refractivity contribution in [2.45, 2.75) is 40.3 Å². The molecule has 8 heteroatoms. The number of imidazole rings is 1. The maximum Gasteiger partial charge on any atom is 0.332 e. The molecule has 0 saturated heterocycles. The Morgan fingerprint density at radius 1 is 1.33 bits per heavy atom. The van der Waals surface area contributed by atoms with E-state index >= 15 is 0 Å². The number of anilines is 1. The third kappa shape index (κ3) is 2.13. The summed E-state index contributed by atoms with van der Waals surface area (Å²) in [5, 5.41) is 6.28. The number of aromatic nitrogens is 4. The number of hydrazone groups is 1. The summed E-state index contributed by atoms with van der Waals surface area (Å²) in [4.78, 5) is 30.1. The molecule has 0 spiro atoms. The van der Waals surface area contributed by atoms with Crippen LogP contribution in [0.15, 0.2) is 26.8 Å². The third-order valence-corrected chi connectivity index (χ3v) is 4.39. The van der Waals surface area contributed by atoms with E-state index in [4.69, 9.17) is 0 Å². The molecule has 24 heavy (non-hydrogen) atoms. The summed E-state index contributed by atoms with van der Waals surface area (Å²) in [6, 6.07) is -0.101. The molecule has 128 valence electrons. The fraction of sp³-hybridized carbons (Fsp3) is 0.500. The number of allylic oxidation sites excluding steroid dienone is 1. The quantitative estimate of drug-likeness (QED) is 0.794. The zero-order valence-electron chi connectivity index (χ0n) is 14.7. The summed E-state index contributed by atoms with van der Waals surface area (Å²) in [5.74, 6) is 0.589. The summed E-state index contributed by atoms with van der Waals surface area (Å²) in [6.45, 7) is 12.3. The number of hydrogen-bond donors (Lipinski definition) is 0. The molecule has 1 aliphatic rings. The van der Waals surface area contributed by atoms with Gasteiger partial charge in [-0.05, 0) is 27.7 Å². The number of fused-ring (bicyclic) bond motifs is 3. The molecule has 0 bridgehead atoms. The molecule has 8 nitrogen and oxygen atoms in total. The lowest BCUT2D eigenvalue weighted by molar-refractivity contribution is 0.629. The summed E-state index contributed by atoms with van der Waals surface area (Å²) in [7, 11) is 1.63. The fourth-order valence-electron chi connectivity index (χ4n) is 3.00. The molecule has 0 N–H and O–H groups in total. The van der Waals surface area contributed by atoms with Gasteiger partial charge in [-0.2, -0.15) is 10.1 Å². The zero-order chi connectivity index (χ0) is 17.8. The van der Waals surface area contributed by atoms with Crippen LogP contribution in [0.1, 0.15) is 33.7 Å². The van der Waals surface area contributed by atoms with E-state index in [1.165, 1.54) is 9.13 Å². The highest BCUT2D eigenvalue weighted by molar-refractivity contribution is 5.90. The fourth-order valence-corrected chi connectivity index (χ4v) is 3.00. The van der Waals surface area contributed by atoms with Crippen molar-refractivity contribution in [3.05, 3.63) is 33.0 Å². The highest BCUT2D eigenvalue weighted by Gasteiger charge is 2.29. The number of nitrogens with zero attached hydrogens (tertiary/aromatic N) is 6. The van der Waals surface area contributed by atoms with Gasteiger partial charge in [0.05, 0.1) is 18.3 Å². The van der Waals surface area contributed by atoms with Gasteiger partial charge in [0, 0.05) is 13.6 Å². The van der Waals surface area contributed by atoms with Crippen molar-refractivity contribution in [3.63, 3.8) is 0 Å². The summed E-state index contributed by atoms with van der Waals surface area (Å²) in [6.07, 6.45) is 0. The van der Waals surface area contributed by atoms with Gasteiger partial charge in [0.2, 0.25) is 5.95 Å². The zero-order valence-corrected chi connectivity index (χ0v) is 14.7. The average molecular weight is 330 g/mol. The first kappa shape index (κ1) is 16.2. The Hall–Kier alpha value is -2.64. The predicted octanol–water partition coefficient (Wildman–Crippen LogP) is 1.25. The van der Waals surface area contributed by atoms with Crippen LogP contribution in [0.2, 0.25) is 0 Å². The van der Waals surface area contributed by atoms with E-state index in [1.807, 2.05) is 25.3 Å². The first-order valence-electron chi connectivity index (χ1n) is 7.96. The Morgan fingerprint density at radius 2 is 2.00 bits per heavy atom. The lowest BCUT2D eigenvalue weighted by atomic mass is 10.2. The van der Waals surface area contributed by atoms with Crippen LogP contribution in [-0.2, 0) is 13.6 Å². The van der Waals surface area contributed by atoms with Crippen LogP contribution < -0.4 is 16.3 Å². The SMILES string of the molecule is C=C(C)Cn1c(=O)c2c(nc3n2[C@@H](C)C(C)=NN3CC)n(C)c1=O. The van der Waals surface area contributed by atoms with Gasteiger partial charge in [-0.25, -0.2) is 9.80 Å². The lowest BCUT2D eigenvalue weighted by Gasteiger charge is -2.28. The summed E-state index contributed by atoms with van der Waals surface area (Å²) < 4.78 is 4.50. The third-order valence-electron chi connectivity index (χ3n) is 4.39. The van der Waals surface area contributed by atoms with Crippen molar-refractivity contribution in [2.75, 3.05) is 11.6 Å². The number of rotatable bonds is 3. The minimum absolute atomic E-state index is 0.101. The maximum atomic E-state index is 13.0. The second-order valence-corrected chi connectivity index (χ2v) is 6.28. The van der Waals surface area contributed by atoms with Crippen LogP contribution >= 0.6 is 0 Å². The molecule has 0 fully saturated rings. The van der Waals surface area contributed by atoms with Gasteiger partial charge in [-0.15, -0.1) is 0 Å². The van der Waals surface area contributed by atoms with Crippen molar-refractivity contribution in [1.82, 2.24) is 18.7 Å². The van der Waals surface area contributed by atoms with Gasteiger partial charge >= 0.3 is 5.69 Å². The maximum absolute atomic E-state index is 13.0. The smallest absolute Gasteiger partial charge is 0.294 e. The van der Waals surface area contributed by atoms with Crippen molar-refractivity contribution in [3.8, 4) is 0 Å². The van der Waals surface area contributed by atoms with Gasteiger partial charge in [-0.1, -0.05) is 12.2 Å². The van der Waals surface area contributed by atoms with Crippen LogP contribution in [0.25, 0.3) is 11.2 Å². The predicted molar refractivity (Wildman–Crippen MR) is 94.9 cm³/mol. The van der Waals surface area contributed by atoms with Crippen molar-refractivity contribution < 1.29 is 0 Å². The molecule has 0 saturated carbocycles. The first-order chi connectivity index (χ1) is 11.3. The Balaban J connectivity index is 2.45. The van der Waals surface area contributed by atoms with Crippen LogP contribution in [-0.4, -0.2) is 30.9 Å². The number of hydrogen-bond acceptors (Lipinski definition) is 5.